The van der Waals surface area contributed by atoms with Crippen LogP contribution in [-0.4, -0.2) is 43.6 Å². The summed E-state index contributed by atoms with van der Waals surface area (Å²) in [6.45, 7) is 5.83. The number of ether oxygens (including phenoxy) is 5. The Morgan fingerprint density at radius 2 is 1.96 bits per heavy atom. The van der Waals surface area contributed by atoms with Crippen molar-refractivity contribution >= 4 is 0 Å². The summed E-state index contributed by atoms with van der Waals surface area (Å²) in [7, 11) is 0. The molecule has 4 aliphatic rings. The zero-order valence-electron chi connectivity index (χ0n) is 15.3. The lowest BCUT2D eigenvalue weighted by atomic mass is 9.70. The SMILES string of the molecule is CC1(C)OC2C=C(COCc3ccccc3)CC3C4COC(O4)C(O1)C23. The lowest BCUT2D eigenvalue weighted by Gasteiger charge is -2.53. The zero-order chi connectivity index (χ0) is 17.7. The third-order valence-corrected chi connectivity index (χ3v) is 5.87. The number of hydrogen-bond acceptors (Lipinski definition) is 5. The summed E-state index contributed by atoms with van der Waals surface area (Å²) < 4.78 is 30.4. The Labute approximate surface area is 154 Å². The summed E-state index contributed by atoms with van der Waals surface area (Å²) in [5.74, 6) is 0.0230. The standard InChI is InChI=1S/C21H26O5/c1-21(2)25-16-9-14(11-22-10-13-6-4-3-5-7-13)8-15-17-12-23-20(24-17)19(26-21)18(15)16/h3-7,9,15-20H,8,10-12H2,1-2H3. The van der Waals surface area contributed by atoms with Gasteiger partial charge in [0, 0.05) is 5.92 Å². The van der Waals surface area contributed by atoms with Crippen LogP contribution in [0.5, 0.6) is 0 Å². The monoisotopic (exact) mass is 358 g/mol. The van der Waals surface area contributed by atoms with E-state index in [0.29, 0.717) is 31.7 Å². The normalized spacial score (nSPS) is 40.0. The van der Waals surface area contributed by atoms with Crippen LogP contribution >= 0.6 is 0 Å². The maximum atomic E-state index is 6.27. The average molecular weight is 358 g/mol. The molecule has 6 unspecified atom stereocenters. The Morgan fingerprint density at radius 3 is 2.81 bits per heavy atom. The Balaban J connectivity index is 1.33. The van der Waals surface area contributed by atoms with Gasteiger partial charge in [0.15, 0.2) is 12.1 Å². The fourth-order valence-electron chi connectivity index (χ4n) is 4.83. The van der Waals surface area contributed by atoms with Crippen molar-refractivity contribution in [2.24, 2.45) is 11.8 Å². The lowest BCUT2D eigenvalue weighted by molar-refractivity contribution is -0.365. The molecule has 0 spiro atoms. The highest BCUT2D eigenvalue weighted by molar-refractivity contribution is 5.19. The minimum atomic E-state index is -0.637. The van der Waals surface area contributed by atoms with Gasteiger partial charge in [0.05, 0.1) is 32.0 Å². The average Bonchev–Trinajstić information content (AvgIpc) is 3.05. The van der Waals surface area contributed by atoms with Gasteiger partial charge < -0.3 is 23.7 Å². The Bertz CT molecular complexity index is 685. The number of benzene rings is 1. The van der Waals surface area contributed by atoms with Gasteiger partial charge in [0.2, 0.25) is 0 Å². The molecule has 6 atom stereocenters. The minimum absolute atomic E-state index is 0.0356. The van der Waals surface area contributed by atoms with Gasteiger partial charge >= 0.3 is 0 Å². The largest absolute Gasteiger partial charge is 0.372 e. The van der Waals surface area contributed by atoms with Crippen LogP contribution in [0.1, 0.15) is 25.8 Å². The molecule has 1 aliphatic carbocycles. The van der Waals surface area contributed by atoms with Gasteiger partial charge in [-0.25, -0.2) is 0 Å². The highest BCUT2D eigenvalue weighted by Gasteiger charge is 2.59. The van der Waals surface area contributed by atoms with Crippen molar-refractivity contribution in [2.75, 3.05) is 13.2 Å². The molecule has 0 N–H and O–H groups in total. The first-order valence-electron chi connectivity index (χ1n) is 9.53. The van der Waals surface area contributed by atoms with Crippen LogP contribution in [0.25, 0.3) is 0 Å². The van der Waals surface area contributed by atoms with E-state index in [4.69, 9.17) is 23.7 Å². The molecule has 0 radical (unpaired) electrons. The van der Waals surface area contributed by atoms with Gasteiger partial charge in [-0.15, -0.1) is 0 Å². The van der Waals surface area contributed by atoms with Crippen molar-refractivity contribution in [1.29, 1.82) is 0 Å². The van der Waals surface area contributed by atoms with E-state index in [1.165, 1.54) is 11.1 Å². The van der Waals surface area contributed by atoms with E-state index < -0.39 is 5.79 Å². The molecular weight excluding hydrogens is 332 g/mol. The van der Waals surface area contributed by atoms with Gasteiger partial charge in [-0.3, -0.25) is 0 Å². The molecule has 3 aliphatic heterocycles. The molecule has 5 heteroatoms. The lowest BCUT2D eigenvalue weighted by Crippen LogP contribution is -2.61. The molecule has 5 nitrogen and oxygen atoms in total. The Hall–Kier alpha value is -1.24. The predicted molar refractivity (Wildman–Crippen MR) is 94.2 cm³/mol. The summed E-state index contributed by atoms with van der Waals surface area (Å²) in [6, 6.07) is 10.3. The first kappa shape index (κ1) is 16.9. The highest BCUT2D eigenvalue weighted by Crippen LogP contribution is 2.50. The fourth-order valence-corrected chi connectivity index (χ4v) is 4.83. The van der Waals surface area contributed by atoms with Gasteiger partial charge in [0.25, 0.3) is 0 Å². The van der Waals surface area contributed by atoms with Crippen molar-refractivity contribution in [3.8, 4) is 0 Å². The predicted octanol–water partition coefficient (Wildman–Crippen LogP) is 3.04. The first-order valence-corrected chi connectivity index (χ1v) is 9.53. The molecule has 3 saturated heterocycles. The van der Waals surface area contributed by atoms with E-state index in [9.17, 15) is 0 Å². The zero-order valence-corrected chi connectivity index (χ0v) is 15.3. The third-order valence-electron chi connectivity index (χ3n) is 5.87. The molecule has 0 amide bonds. The molecule has 26 heavy (non-hydrogen) atoms. The number of fused-ring (bicyclic) bond motifs is 4. The minimum Gasteiger partial charge on any atom is -0.372 e. The van der Waals surface area contributed by atoms with E-state index in [-0.39, 0.29) is 24.6 Å². The van der Waals surface area contributed by atoms with Gasteiger partial charge in [-0.05, 0) is 37.3 Å². The molecule has 3 heterocycles. The first-order chi connectivity index (χ1) is 12.6. The molecule has 3 fully saturated rings. The molecule has 5 rings (SSSR count). The van der Waals surface area contributed by atoms with Crippen molar-refractivity contribution in [1.82, 2.24) is 0 Å². The molecule has 1 aromatic carbocycles. The maximum Gasteiger partial charge on any atom is 0.184 e. The maximum absolute atomic E-state index is 6.27. The van der Waals surface area contributed by atoms with Crippen molar-refractivity contribution in [2.45, 2.75) is 57.3 Å². The van der Waals surface area contributed by atoms with Crippen molar-refractivity contribution in [3.63, 3.8) is 0 Å². The van der Waals surface area contributed by atoms with E-state index in [1.54, 1.807) is 0 Å². The Morgan fingerprint density at radius 1 is 1.12 bits per heavy atom. The van der Waals surface area contributed by atoms with Crippen LogP contribution in [0.3, 0.4) is 0 Å². The molecule has 1 aromatic rings. The van der Waals surface area contributed by atoms with Crippen LogP contribution in [0.4, 0.5) is 0 Å². The molecule has 140 valence electrons. The second-order valence-corrected chi connectivity index (χ2v) is 8.19. The van der Waals surface area contributed by atoms with Crippen molar-refractivity contribution < 1.29 is 23.7 Å². The van der Waals surface area contributed by atoms with Gasteiger partial charge in [-0.1, -0.05) is 36.4 Å². The topological polar surface area (TPSA) is 46.2 Å². The highest BCUT2D eigenvalue weighted by atomic mass is 16.8. The summed E-state index contributed by atoms with van der Waals surface area (Å²) >= 11 is 0. The van der Waals surface area contributed by atoms with E-state index >= 15 is 0 Å². The smallest absolute Gasteiger partial charge is 0.184 e. The van der Waals surface area contributed by atoms with Crippen molar-refractivity contribution in [3.05, 3.63) is 47.5 Å². The Kier molecular flexibility index (Phi) is 4.18. The van der Waals surface area contributed by atoms with Crippen LogP contribution in [0.2, 0.25) is 0 Å². The number of rotatable bonds is 4. The quantitative estimate of drug-likeness (QED) is 0.774. The molecule has 2 bridgehead atoms. The second-order valence-electron chi connectivity index (χ2n) is 8.19. The fraction of sp³-hybridized carbons (Fsp3) is 0.619. The van der Waals surface area contributed by atoms with E-state index in [2.05, 4.69) is 18.2 Å². The summed E-state index contributed by atoms with van der Waals surface area (Å²) in [5, 5.41) is 0. The van der Waals surface area contributed by atoms with Gasteiger partial charge in [0.1, 0.15) is 6.10 Å². The van der Waals surface area contributed by atoms with Crippen LogP contribution in [-0.2, 0) is 30.3 Å². The summed E-state index contributed by atoms with van der Waals surface area (Å²) in [6.07, 6.45) is 3.07. The van der Waals surface area contributed by atoms with Gasteiger partial charge in [-0.2, -0.15) is 0 Å². The van der Waals surface area contributed by atoms with Crippen LogP contribution < -0.4 is 0 Å². The molecule has 0 aromatic heterocycles. The van der Waals surface area contributed by atoms with E-state index in [1.807, 2.05) is 32.0 Å². The van der Waals surface area contributed by atoms with Crippen LogP contribution in [0, 0.1) is 11.8 Å². The van der Waals surface area contributed by atoms with Crippen LogP contribution in [0.15, 0.2) is 42.0 Å². The molecule has 0 saturated carbocycles. The third kappa shape index (κ3) is 3.02. The summed E-state index contributed by atoms with van der Waals surface area (Å²) in [5.41, 5.74) is 2.48. The van der Waals surface area contributed by atoms with E-state index in [0.717, 1.165) is 6.42 Å². The second kappa shape index (κ2) is 6.43. The number of hydrogen-bond donors (Lipinski definition) is 0. The summed E-state index contributed by atoms with van der Waals surface area (Å²) in [4.78, 5) is 0. The molecular formula is C21H26O5.